The number of rotatable bonds is 4. The fourth-order valence-electron chi connectivity index (χ4n) is 3.49. The Kier molecular flexibility index (Phi) is 6.01. The molecule has 1 fully saturated rings. The second kappa shape index (κ2) is 7.77. The highest BCUT2D eigenvalue weighted by molar-refractivity contribution is 5.48. The smallest absolute Gasteiger partial charge is 0.134 e. The Morgan fingerprint density at radius 2 is 1.67 bits per heavy atom. The van der Waals surface area contributed by atoms with E-state index in [-0.39, 0.29) is 0 Å². The van der Waals surface area contributed by atoms with E-state index in [0.717, 1.165) is 23.9 Å². The number of hydrogen-bond donors (Lipinski definition) is 1. The zero-order valence-electron chi connectivity index (χ0n) is 14.2. The van der Waals surface area contributed by atoms with Crippen LogP contribution < -0.4 is 5.32 Å². The monoisotopic (exact) mass is 289 g/mol. The second-order valence-corrected chi connectivity index (χ2v) is 6.66. The van der Waals surface area contributed by atoms with Crippen molar-refractivity contribution < 1.29 is 0 Å². The molecule has 0 amide bonds. The molecular weight excluding hydrogens is 258 g/mol. The SMILES string of the molecule is CCNc1nc(C2CCCCCCC2)nc(C)c1C(C)C. The number of aromatic nitrogens is 2. The van der Waals surface area contributed by atoms with Crippen molar-refractivity contribution in [1.82, 2.24) is 9.97 Å². The van der Waals surface area contributed by atoms with Gasteiger partial charge < -0.3 is 5.32 Å². The molecule has 3 heteroatoms. The van der Waals surface area contributed by atoms with E-state index in [1.807, 2.05) is 0 Å². The Balaban J connectivity index is 2.30. The van der Waals surface area contributed by atoms with E-state index in [9.17, 15) is 0 Å². The molecule has 3 nitrogen and oxygen atoms in total. The van der Waals surface area contributed by atoms with Crippen LogP contribution in [0.1, 0.15) is 94.6 Å². The summed E-state index contributed by atoms with van der Waals surface area (Å²) in [6.07, 6.45) is 9.32. The zero-order valence-corrected chi connectivity index (χ0v) is 14.2. The van der Waals surface area contributed by atoms with Gasteiger partial charge in [0.05, 0.1) is 0 Å². The minimum absolute atomic E-state index is 0.463. The minimum Gasteiger partial charge on any atom is -0.370 e. The maximum atomic E-state index is 4.92. The van der Waals surface area contributed by atoms with Gasteiger partial charge in [0, 0.05) is 23.7 Å². The van der Waals surface area contributed by atoms with Crippen LogP contribution in [0.25, 0.3) is 0 Å². The molecule has 0 atom stereocenters. The normalized spacial score (nSPS) is 17.6. The average molecular weight is 289 g/mol. The molecular formula is C18H31N3. The van der Waals surface area contributed by atoms with Gasteiger partial charge >= 0.3 is 0 Å². The maximum absolute atomic E-state index is 4.92. The maximum Gasteiger partial charge on any atom is 0.134 e. The van der Waals surface area contributed by atoms with E-state index in [0.29, 0.717) is 11.8 Å². The second-order valence-electron chi connectivity index (χ2n) is 6.66. The minimum atomic E-state index is 0.463. The summed E-state index contributed by atoms with van der Waals surface area (Å²) in [5, 5.41) is 3.45. The summed E-state index contributed by atoms with van der Waals surface area (Å²) in [5.74, 6) is 3.17. The largest absolute Gasteiger partial charge is 0.370 e. The quantitative estimate of drug-likeness (QED) is 0.831. The van der Waals surface area contributed by atoms with Crippen molar-refractivity contribution in [3.8, 4) is 0 Å². The van der Waals surface area contributed by atoms with Crippen molar-refractivity contribution in [2.75, 3.05) is 11.9 Å². The van der Waals surface area contributed by atoms with Gasteiger partial charge in [0.15, 0.2) is 0 Å². The molecule has 1 aromatic heterocycles. The van der Waals surface area contributed by atoms with Crippen LogP contribution in [0.5, 0.6) is 0 Å². The molecule has 118 valence electrons. The van der Waals surface area contributed by atoms with Gasteiger partial charge in [-0.05, 0) is 32.6 Å². The summed E-state index contributed by atoms with van der Waals surface area (Å²) in [6.45, 7) is 9.64. The predicted molar refractivity (Wildman–Crippen MR) is 90.1 cm³/mol. The molecule has 0 radical (unpaired) electrons. The van der Waals surface area contributed by atoms with Crippen LogP contribution in [0.15, 0.2) is 0 Å². The third kappa shape index (κ3) is 4.18. The Labute approximate surface area is 130 Å². The van der Waals surface area contributed by atoms with Crippen molar-refractivity contribution in [3.63, 3.8) is 0 Å². The van der Waals surface area contributed by atoms with Crippen LogP contribution in [0.2, 0.25) is 0 Å². The first-order valence-electron chi connectivity index (χ1n) is 8.75. The van der Waals surface area contributed by atoms with E-state index in [1.54, 1.807) is 0 Å². The van der Waals surface area contributed by atoms with Crippen LogP contribution in [-0.4, -0.2) is 16.5 Å². The summed E-state index contributed by atoms with van der Waals surface area (Å²) >= 11 is 0. The summed E-state index contributed by atoms with van der Waals surface area (Å²) in [5.41, 5.74) is 2.44. The van der Waals surface area contributed by atoms with E-state index in [4.69, 9.17) is 9.97 Å². The molecule has 0 aromatic carbocycles. The van der Waals surface area contributed by atoms with Crippen molar-refractivity contribution in [2.45, 2.75) is 84.5 Å². The van der Waals surface area contributed by atoms with Gasteiger partial charge in [0.1, 0.15) is 11.6 Å². The lowest BCUT2D eigenvalue weighted by Crippen LogP contribution is -2.14. The summed E-state index contributed by atoms with van der Waals surface area (Å²) in [6, 6.07) is 0. The van der Waals surface area contributed by atoms with Crippen molar-refractivity contribution in [3.05, 3.63) is 17.1 Å². The van der Waals surface area contributed by atoms with E-state index in [2.05, 4.69) is 33.0 Å². The van der Waals surface area contributed by atoms with Crippen LogP contribution in [0, 0.1) is 6.92 Å². The molecule has 1 aliphatic carbocycles. The third-order valence-corrected chi connectivity index (χ3v) is 4.55. The van der Waals surface area contributed by atoms with Gasteiger partial charge in [-0.15, -0.1) is 0 Å². The third-order valence-electron chi connectivity index (χ3n) is 4.55. The van der Waals surface area contributed by atoms with E-state index < -0.39 is 0 Å². The summed E-state index contributed by atoms with van der Waals surface area (Å²) < 4.78 is 0. The Morgan fingerprint density at radius 1 is 1.05 bits per heavy atom. The molecule has 1 saturated carbocycles. The van der Waals surface area contributed by atoms with Crippen LogP contribution in [-0.2, 0) is 0 Å². The molecule has 0 bridgehead atoms. The van der Waals surface area contributed by atoms with Gasteiger partial charge in [-0.1, -0.05) is 46.0 Å². The predicted octanol–water partition coefficient (Wildman–Crippen LogP) is 5.17. The molecule has 2 rings (SSSR count). The number of nitrogens with one attached hydrogen (secondary N) is 1. The topological polar surface area (TPSA) is 37.8 Å². The van der Waals surface area contributed by atoms with E-state index >= 15 is 0 Å². The van der Waals surface area contributed by atoms with Crippen LogP contribution in [0.3, 0.4) is 0 Å². The molecule has 1 N–H and O–H groups in total. The van der Waals surface area contributed by atoms with Gasteiger partial charge in [0.25, 0.3) is 0 Å². The highest BCUT2D eigenvalue weighted by Crippen LogP contribution is 2.32. The van der Waals surface area contributed by atoms with Gasteiger partial charge in [-0.25, -0.2) is 9.97 Å². The first-order chi connectivity index (χ1) is 10.1. The number of nitrogens with zero attached hydrogens (tertiary/aromatic N) is 2. The molecule has 0 unspecified atom stereocenters. The Bertz CT molecular complexity index is 446. The first kappa shape index (κ1) is 16.3. The lowest BCUT2D eigenvalue weighted by molar-refractivity contribution is 0.441. The van der Waals surface area contributed by atoms with Crippen LogP contribution >= 0.6 is 0 Å². The van der Waals surface area contributed by atoms with Gasteiger partial charge in [0.2, 0.25) is 0 Å². The highest BCUT2D eigenvalue weighted by Gasteiger charge is 2.20. The Morgan fingerprint density at radius 3 is 2.24 bits per heavy atom. The Hall–Kier alpha value is -1.12. The summed E-state index contributed by atoms with van der Waals surface area (Å²) in [4.78, 5) is 9.80. The molecule has 1 heterocycles. The highest BCUT2D eigenvalue weighted by atomic mass is 15.0. The summed E-state index contributed by atoms with van der Waals surface area (Å²) in [7, 11) is 0. The van der Waals surface area contributed by atoms with Crippen molar-refractivity contribution in [2.24, 2.45) is 0 Å². The molecule has 1 aliphatic rings. The van der Waals surface area contributed by atoms with E-state index in [1.165, 1.54) is 50.5 Å². The molecule has 0 spiro atoms. The lowest BCUT2D eigenvalue weighted by Gasteiger charge is -2.22. The number of anilines is 1. The zero-order chi connectivity index (χ0) is 15.2. The number of hydrogen-bond acceptors (Lipinski definition) is 3. The molecule has 0 aliphatic heterocycles. The fraction of sp³-hybridized carbons (Fsp3) is 0.778. The number of aryl methyl sites for hydroxylation is 1. The molecule has 21 heavy (non-hydrogen) atoms. The molecule has 1 aromatic rings. The lowest BCUT2D eigenvalue weighted by atomic mass is 9.90. The fourth-order valence-corrected chi connectivity index (χ4v) is 3.49. The van der Waals surface area contributed by atoms with Crippen LogP contribution in [0.4, 0.5) is 5.82 Å². The molecule has 0 saturated heterocycles. The first-order valence-corrected chi connectivity index (χ1v) is 8.75. The van der Waals surface area contributed by atoms with Crippen molar-refractivity contribution in [1.29, 1.82) is 0 Å². The average Bonchev–Trinajstić information content (AvgIpc) is 2.37. The van der Waals surface area contributed by atoms with Gasteiger partial charge in [-0.2, -0.15) is 0 Å². The van der Waals surface area contributed by atoms with Gasteiger partial charge in [-0.3, -0.25) is 0 Å². The van der Waals surface area contributed by atoms with Crippen molar-refractivity contribution >= 4 is 5.82 Å². The standard InChI is InChI=1S/C18H31N3/c1-5-19-18-16(13(2)3)14(4)20-17(21-18)15-11-9-7-6-8-10-12-15/h13,15H,5-12H2,1-4H3,(H,19,20,21).